The normalized spacial score (nSPS) is 14.2. The Morgan fingerprint density at radius 3 is 1.63 bits per heavy atom. The number of carbonyl (C=O) groups is 2. The molecule has 0 aromatic carbocycles. The second-order valence-corrected chi connectivity index (χ2v) is 16.2. The Morgan fingerprint density at radius 2 is 1.10 bits per heavy atom. The average molecular weight is 755 g/mol. The van der Waals surface area contributed by atoms with E-state index in [1.807, 2.05) is 57.6 Å². The SMILES string of the molecule is CC/C=C/C=C/C=C/C=C/CCCCCC(=O)OC(COC(=O)CCCCCCCCCCCCCCCCC)COP(=O)(O)OCC[N+](C)(C)C. The van der Waals surface area contributed by atoms with Gasteiger partial charge in [-0.1, -0.05) is 159 Å². The van der Waals surface area contributed by atoms with Gasteiger partial charge in [0.15, 0.2) is 6.10 Å². The van der Waals surface area contributed by atoms with Gasteiger partial charge in [-0.3, -0.25) is 18.6 Å². The van der Waals surface area contributed by atoms with E-state index in [0.717, 1.165) is 44.9 Å². The molecule has 0 saturated carbocycles. The van der Waals surface area contributed by atoms with Crippen LogP contribution in [0.1, 0.15) is 155 Å². The summed E-state index contributed by atoms with van der Waals surface area (Å²) < 4.78 is 34.2. The largest absolute Gasteiger partial charge is 0.472 e. The fraction of sp³-hybridized carbons (Fsp3) is 0.762. The average Bonchev–Trinajstić information content (AvgIpc) is 3.09. The molecule has 0 saturated heterocycles. The van der Waals surface area contributed by atoms with E-state index < -0.39 is 26.5 Å². The zero-order valence-corrected chi connectivity index (χ0v) is 34.7. The van der Waals surface area contributed by atoms with Crippen LogP contribution in [0.3, 0.4) is 0 Å². The summed E-state index contributed by atoms with van der Waals surface area (Å²) in [6.45, 7) is 4.22. The first-order chi connectivity index (χ1) is 25.0. The number of ether oxygens (including phenoxy) is 2. The van der Waals surface area contributed by atoms with Crippen LogP contribution in [0.2, 0.25) is 0 Å². The lowest BCUT2D eigenvalue weighted by Crippen LogP contribution is -2.37. The fourth-order valence-electron chi connectivity index (χ4n) is 5.26. The van der Waals surface area contributed by atoms with Crippen molar-refractivity contribution in [1.82, 2.24) is 0 Å². The maximum atomic E-state index is 12.6. The van der Waals surface area contributed by atoms with Gasteiger partial charge in [-0.05, 0) is 32.1 Å². The Labute approximate surface area is 318 Å². The summed E-state index contributed by atoms with van der Waals surface area (Å²) >= 11 is 0. The predicted octanol–water partition coefficient (Wildman–Crippen LogP) is 11.1. The minimum Gasteiger partial charge on any atom is -0.462 e. The number of carbonyl (C=O) groups excluding carboxylic acids is 2. The van der Waals surface area contributed by atoms with Crippen molar-refractivity contribution in [2.24, 2.45) is 0 Å². The molecule has 0 aromatic heterocycles. The summed E-state index contributed by atoms with van der Waals surface area (Å²) in [4.78, 5) is 35.2. The first-order valence-electron chi connectivity index (χ1n) is 20.4. The molecule has 0 aliphatic heterocycles. The molecule has 0 amide bonds. The van der Waals surface area contributed by atoms with E-state index in [1.54, 1.807) is 0 Å². The van der Waals surface area contributed by atoms with Crippen LogP contribution < -0.4 is 0 Å². The number of quaternary nitrogens is 1. The molecule has 302 valence electrons. The minimum atomic E-state index is -4.38. The number of hydrogen-bond acceptors (Lipinski definition) is 7. The third-order valence-electron chi connectivity index (χ3n) is 8.47. The standard InChI is InChI=1S/C42H76NO8P/c1-6-8-10-12-14-16-18-20-21-23-24-26-28-30-32-34-41(44)48-38-40(39-50-52(46,47)49-37-36-43(3,4)5)51-42(45)35-33-31-29-27-25-22-19-17-15-13-11-9-7-2/h9,11,13,15,17,19,22,25,40H,6-8,10,12,14,16,18,20-21,23-24,26-39H2,1-5H3/p+1/b11-9+,15-13+,19-17+,25-22+. The third kappa shape index (κ3) is 37.7. The molecule has 1 N–H and O–H groups in total. The van der Waals surface area contributed by atoms with E-state index in [-0.39, 0.29) is 32.0 Å². The summed E-state index contributed by atoms with van der Waals surface area (Å²) in [5.41, 5.74) is 0. The number of esters is 2. The van der Waals surface area contributed by atoms with Crippen LogP contribution in [0.5, 0.6) is 0 Å². The number of hydrogen-bond donors (Lipinski definition) is 1. The molecule has 9 nitrogen and oxygen atoms in total. The highest BCUT2D eigenvalue weighted by Crippen LogP contribution is 2.43. The molecule has 0 aliphatic rings. The molecular formula is C42H77NO8P+. The van der Waals surface area contributed by atoms with Gasteiger partial charge in [0.25, 0.3) is 0 Å². The van der Waals surface area contributed by atoms with Crippen molar-refractivity contribution in [1.29, 1.82) is 0 Å². The van der Waals surface area contributed by atoms with Crippen LogP contribution in [-0.4, -0.2) is 74.9 Å². The van der Waals surface area contributed by atoms with Gasteiger partial charge in [-0.15, -0.1) is 0 Å². The lowest BCUT2D eigenvalue weighted by atomic mass is 10.0. The molecule has 10 heteroatoms. The molecule has 0 heterocycles. The highest BCUT2D eigenvalue weighted by Gasteiger charge is 2.27. The van der Waals surface area contributed by atoms with Gasteiger partial charge in [0, 0.05) is 12.8 Å². The molecular weight excluding hydrogens is 677 g/mol. The number of likely N-dealkylation sites (N-methyl/N-ethyl adjacent to an activating group) is 1. The molecule has 2 atom stereocenters. The molecule has 52 heavy (non-hydrogen) atoms. The first-order valence-corrected chi connectivity index (χ1v) is 21.9. The smallest absolute Gasteiger partial charge is 0.462 e. The zero-order valence-electron chi connectivity index (χ0n) is 33.8. The molecule has 0 spiro atoms. The van der Waals surface area contributed by atoms with Crippen LogP contribution in [0.15, 0.2) is 48.6 Å². The van der Waals surface area contributed by atoms with Gasteiger partial charge in [0.05, 0.1) is 27.7 Å². The molecule has 0 aromatic rings. The maximum absolute atomic E-state index is 12.6. The molecule has 2 unspecified atom stereocenters. The van der Waals surface area contributed by atoms with E-state index in [1.165, 1.54) is 77.0 Å². The van der Waals surface area contributed by atoms with Crippen LogP contribution in [0.4, 0.5) is 0 Å². The van der Waals surface area contributed by atoms with Gasteiger partial charge < -0.3 is 18.9 Å². The van der Waals surface area contributed by atoms with Crippen LogP contribution in [0.25, 0.3) is 0 Å². The van der Waals surface area contributed by atoms with Crippen molar-refractivity contribution >= 4 is 19.8 Å². The summed E-state index contributed by atoms with van der Waals surface area (Å²) in [6, 6.07) is 0. The number of nitrogens with zero attached hydrogens (tertiary/aromatic N) is 1. The van der Waals surface area contributed by atoms with Crippen LogP contribution >= 0.6 is 7.82 Å². The second kappa shape index (κ2) is 34.7. The highest BCUT2D eigenvalue weighted by atomic mass is 31.2. The maximum Gasteiger partial charge on any atom is 0.472 e. The summed E-state index contributed by atoms with van der Waals surface area (Å²) in [5.74, 6) is -0.845. The van der Waals surface area contributed by atoms with E-state index >= 15 is 0 Å². The molecule has 0 rings (SSSR count). The van der Waals surface area contributed by atoms with Crippen molar-refractivity contribution in [2.45, 2.75) is 161 Å². The monoisotopic (exact) mass is 755 g/mol. The van der Waals surface area contributed by atoms with E-state index in [9.17, 15) is 19.0 Å². The molecule has 0 fully saturated rings. The Kier molecular flexibility index (Phi) is 33.4. The second-order valence-electron chi connectivity index (χ2n) is 14.7. The number of allylic oxidation sites excluding steroid dienone is 8. The van der Waals surface area contributed by atoms with Gasteiger partial charge in [-0.2, -0.15) is 0 Å². The van der Waals surface area contributed by atoms with Crippen LogP contribution in [-0.2, 0) is 32.7 Å². The topological polar surface area (TPSA) is 108 Å². The third-order valence-corrected chi connectivity index (χ3v) is 9.45. The number of phosphoric ester groups is 1. The van der Waals surface area contributed by atoms with Crippen molar-refractivity contribution < 1.29 is 42.1 Å². The Hall–Kier alpha value is -2.03. The Bertz CT molecular complexity index is 1030. The quantitative estimate of drug-likeness (QED) is 0.0221. The van der Waals surface area contributed by atoms with Gasteiger partial charge in [-0.25, -0.2) is 4.57 Å². The zero-order chi connectivity index (χ0) is 38.6. The molecule has 0 aliphatic carbocycles. The Morgan fingerprint density at radius 1 is 0.615 bits per heavy atom. The van der Waals surface area contributed by atoms with Gasteiger partial charge >= 0.3 is 19.8 Å². The molecule has 0 radical (unpaired) electrons. The lowest BCUT2D eigenvalue weighted by Gasteiger charge is -2.24. The summed E-state index contributed by atoms with van der Waals surface area (Å²) in [5, 5.41) is 0. The van der Waals surface area contributed by atoms with Crippen LogP contribution in [0, 0.1) is 0 Å². The van der Waals surface area contributed by atoms with E-state index in [2.05, 4.69) is 26.0 Å². The summed E-state index contributed by atoms with van der Waals surface area (Å²) in [7, 11) is 1.44. The minimum absolute atomic E-state index is 0.0230. The number of phosphoric acid groups is 1. The van der Waals surface area contributed by atoms with Crippen molar-refractivity contribution in [3.63, 3.8) is 0 Å². The first kappa shape index (κ1) is 50.0. The van der Waals surface area contributed by atoms with Crippen molar-refractivity contribution in [3.8, 4) is 0 Å². The summed E-state index contributed by atoms with van der Waals surface area (Å²) in [6.07, 6.45) is 38.8. The van der Waals surface area contributed by atoms with Crippen molar-refractivity contribution in [2.75, 3.05) is 47.5 Å². The van der Waals surface area contributed by atoms with E-state index in [0.29, 0.717) is 17.4 Å². The number of unbranched alkanes of at least 4 members (excludes halogenated alkanes) is 17. The lowest BCUT2D eigenvalue weighted by molar-refractivity contribution is -0.870. The van der Waals surface area contributed by atoms with Crippen molar-refractivity contribution in [3.05, 3.63) is 48.6 Å². The fourth-order valence-corrected chi connectivity index (χ4v) is 6.00. The molecule has 0 bridgehead atoms. The predicted molar refractivity (Wildman–Crippen MR) is 215 cm³/mol. The Balaban J connectivity index is 4.45. The number of rotatable bonds is 36. The highest BCUT2D eigenvalue weighted by molar-refractivity contribution is 7.47. The van der Waals surface area contributed by atoms with Gasteiger partial charge in [0.2, 0.25) is 0 Å². The van der Waals surface area contributed by atoms with E-state index in [4.69, 9.17) is 18.5 Å². The van der Waals surface area contributed by atoms with Gasteiger partial charge in [0.1, 0.15) is 19.8 Å².